The molecule has 0 bridgehead atoms. The monoisotopic (exact) mass is 234 g/mol. The Hall–Kier alpha value is -0.930. The highest BCUT2D eigenvalue weighted by atomic mass is 16.3. The van der Waals surface area contributed by atoms with Crippen molar-refractivity contribution in [3.63, 3.8) is 0 Å². The number of rotatable bonds is 3. The van der Waals surface area contributed by atoms with Crippen LogP contribution in [0.4, 0.5) is 0 Å². The van der Waals surface area contributed by atoms with Crippen LogP contribution in [0.15, 0.2) is 18.5 Å². The average molecular weight is 234 g/mol. The molecule has 0 spiro atoms. The quantitative estimate of drug-likeness (QED) is 0.842. The van der Waals surface area contributed by atoms with Crippen molar-refractivity contribution in [2.24, 2.45) is 0 Å². The molecule has 1 aromatic rings. The lowest BCUT2D eigenvalue weighted by Gasteiger charge is -2.37. The van der Waals surface area contributed by atoms with E-state index in [1.807, 2.05) is 19.2 Å². The minimum absolute atomic E-state index is 0.567. The lowest BCUT2D eigenvalue weighted by Crippen LogP contribution is -2.40. The summed E-state index contributed by atoms with van der Waals surface area (Å²) in [6, 6.07) is 2.54. The molecule has 3 heteroatoms. The molecule has 3 nitrogen and oxygen atoms in total. The second kappa shape index (κ2) is 5.15. The lowest BCUT2D eigenvalue weighted by molar-refractivity contribution is -0.00896. The van der Waals surface area contributed by atoms with Crippen molar-refractivity contribution in [2.45, 2.75) is 51.2 Å². The molecule has 17 heavy (non-hydrogen) atoms. The molecule has 2 N–H and O–H groups in total. The van der Waals surface area contributed by atoms with Gasteiger partial charge in [-0.2, -0.15) is 0 Å². The van der Waals surface area contributed by atoms with E-state index >= 15 is 0 Å². The van der Waals surface area contributed by atoms with Crippen LogP contribution in [0.3, 0.4) is 0 Å². The summed E-state index contributed by atoms with van der Waals surface area (Å²) in [6.45, 7) is 5.19. The highest BCUT2D eigenvalue weighted by molar-refractivity contribution is 5.28. The fourth-order valence-corrected chi connectivity index (χ4v) is 2.81. The Labute approximate surface area is 103 Å². The predicted octanol–water partition coefficient (Wildman–Crippen LogP) is 2.13. The van der Waals surface area contributed by atoms with Crippen LogP contribution in [-0.2, 0) is 5.60 Å². The Morgan fingerprint density at radius 1 is 1.47 bits per heavy atom. The van der Waals surface area contributed by atoms with Gasteiger partial charge in [0.15, 0.2) is 0 Å². The maximum atomic E-state index is 10.7. The maximum absolute atomic E-state index is 10.7. The molecule has 94 valence electrons. The summed E-state index contributed by atoms with van der Waals surface area (Å²) in [6.07, 6.45) is 7.35. The van der Waals surface area contributed by atoms with Gasteiger partial charge in [-0.05, 0) is 50.8 Å². The van der Waals surface area contributed by atoms with Crippen molar-refractivity contribution >= 4 is 0 Å². The van der Waals surface area contributed by atoms with Crippen LogP contribution in [0.5, 0.6) is 0 Å². The van der Waals surface area contributed by atoms with Gasteiger partial charge >= 0.3 is 0 Å². The molecule has 0 saturated heterocycles. The van der Waals surface area contributed by atoms with Crippen LogP contribution in [0.1, 0.15) is 43.7 Å². The SMILES string of the molecule is CCNC1CCC(O)(c2cnccc2C)CC1. The Kier molecular flexibility index (Phi) is 3.79. The number of hydrogen-bond donors (Lipinski definition) is 2. The second-order valence-corrected chi connectivity index (χ2v) is 5.05. The van der Waals surface area contributed by atoms with Crippen molar-refractivity contribution in [2.75, 3.05) is 6.54 Å². The standard InChI is InChI=1S/C14H22N2O/c1-3-16-12-4-7-14(17,8-5-12)13-10-15-9-6-11(13)2/h6,9-10,12,16-17H,3-5,7-8H2,1-2H3. The molecule has 0 radical (unpaired) electrons. The molecule has 1 aliphatic carbocycles. The Morgan fingerprint density at radius 2 is 2.18 bits per heavy atom. The van der Waals surface area contributed by atoms with Crippen LogP contribution in [-0.4, -0.2) is 22.7 Å². The number of aryl methyl sites for hydroxylation is 1. The minimum atomic E-state index is -0.662. The number of hydrogen-bond acceptors (Lipinski definition) is 3. The third-order valence-electron chi connectivity index (χ3n) is 3.85. The first kappa shape index (κ1) is 12.5. The average Bonchev–Trinajstić information content (AvgIpc) is 2.33. The zero-order valence-corrected chi connectivity index (χ0v) is 10.7. The van der Waals surface area contributed by atoms with Crippen molar-refractivity contribution in [1.29, 1.82) is 0 Å². The van der Waals surface area contributed by atoms with E-state index in [0.717, 1.165) is 43.4 Å². The summed E-state index contributed by atoms with van der Waals surface area (Å²) in [4.78, 5) is 4.15. The number of pyridine rings is 1. The van der Waals surface area contributed by atoms with Crippen molar-refractivity contribution in [1.82, 2.24) is 10.3 Å². The molecule has 0 atom stereocenters. The van der Waals surface area contributed by atoms with Crippen LogP contribution in [0.2, 0.25) is 0 Å². The zero-order chi connectivity index (χ0) is 12.3. The van der Waals surface area contributed by atoms with Crippen LogP contribution >= 0.6 is 0 Å². The highest BCUT2D eigenvalue weighted by Gasteiger charge is 2.35. The summed E-state index contributed by atoms with van der Waals surface area (Å²) < 4.78 is 0. The smallest absolute Gasteiger partial charge is 0.0915 e. The second-order valence-electron chi connectivity index (χ2n) is 5.05. The van der Waals surface area contributed by atoms with E-state index in [9.17, 15) is 5.11 Å². The van der Waals surface area contributed by atoms with Crippen molar-refractivity contribution < 1.29 is 5.11 Å². The van der Waals surface area contributed by atoms with Crippen LogP contribution in [0, 0.1) is 6.92 Å². The molecular weight excluding hydrogens is 212 g/mol. The maximum Gasteiger partial charge on any atom is 0.0915 e. The van der Waals surface area contributed by atoms with Gasteiger partial charge in [0, 0.05) is 24.0 Å². The van der Waals surface area contributed by atoms with Gasteiger partial charge in [0.1, 0.15) is 0 Å². The number of aliphatic hydroxyl groups is 1. The topological polar surface area (TPSA) is 45.1 Å². The van der Waals surface area contributed by atoms with E-state index in [1.54, 1.807) is 6.20 Å². The largest absolute Gasteiger partial charge is 0.385 e. The number of nitrogens with one attached hydrogen (secondary N) is 1. The molecule has 2 rings (SSSR count). The molecule has 0 unspecified atom stereocenters. The number of nitrogens with zero attached hydrogens (tertiary/aromatic N) is 1. The van der Waals surface area contributed by atoms with Crippen molar-refractivity contribution in [3.05, 3.63) is 29.6 Å². The molecule has 0 amide bonds. The molecule has 1 fully saturated rings. The summed E-state index contributed by atoms with van der Waals surface area (Å²) >= 11 is 0. The summed E-state index contributed by atoms with van der Waals surface area (Å²) in [5.41, 5.74) is 1.49. The molecule has 1 aromatic heterocycles. The fourth-order valence-electron chi connectivity index (χ4n) is 2.81. The van der Waals surface area contributed by atoms with Gasteiger partial charge in [-0.25, -0.2) is 0 Å². The Morgan fingerprint density at radius 3 is 2.76 bits per heavy atom. The summed E-state index contributed by atoms with van der Waals surface area (Å²) in [5.74, 6) is 0. The van der Waals surface area contributed by atoms with Gasteiger partial charge in [-0.1, -0.05) is 6.92 Å². The van der Waals surface area contributed by atoms with E-state index in [1.165, 1.54) is 0 Å². The van der Waals surface area contributed by atoms with Gasteiger partial charge in [0.05, 0.1) is 5.60 Å². The third-order valence-corrected chi connectivity index (χ3v) is 3.85. The highest BCUT2D eigenvalue weighted by Crippen LogP contribution is 2.38. The molecular formula is C14H22N2O. The van der Waals surface area contributed by atoms with E-state index < -0.39 is 5.60 Å². The van der Waals surface area contributed by atoms with Crippen LogP contribution in [0.25, 0.3) is 0 Å². The van der Waals surface area contributed by atoms with Crippen molar-refractivity contribution in [3.8, 4) is 0 Å². The van der Waals surface area contributed by atoms with Gasteiger partial charge in [0.2, 0.25) is 0 Å². The fraction of sp³-hybridized carbons (Fsp3) is 0.643. The van der Waals surface area contributed by atoms with Gasteiger partial charge in [-0.3, -0.25) is 4.98 Å². The summed E-state index contributed by atoms with van der Waals surface area (Å²) in [7, 11) is 0. The molecule has 0 aromatic carbocycles. The number of aromatic nitrogens is 1. The lowest BCUT2D eigenvalue weighted by atomic mass is 9.77. The van der Waals surface area contributed by atoms with Gasteiger partial charge in [0.25, 0.3) is 0 Å². The van der Waals surface area contributed by atoms with E-state index in [2.05, 4.69) is 17.2 Å². The predicted molar refractivity (Wildman–Crippen MR) is 68.8 cm³/mol. The minimum Gasteiger partial charge on any atom is -0.385 e. The first-order valence-electron chi connectivity index (χ1n) is 6.52. The first-order chi connectivity index (χ1) is 8.15. The Balaban J connectivity index is 2.10. The zero-order valence-electron chi connectivity index (χ0n) is 10.7. The van der Waals surface area contributed by atoms with E-state index in [-0.39, 0.29) is 0 Å². The van der Waals surface area contributed by atoms with E-state index in [4.69, 9.17) is 0 Å². The molecule has 1 saturated carbocycles. The first-order valence-corrected chi connectivity index (χ1v) is 6.52. The third kappa shape index (κ3) is 2.67. The summed E-state index contributed by atoms with van der Waals surface area (Å²) in [5, 5.41) is 14.2. The molecule has 1 aliphatic rings. The Bertz CT molecular complexity index is 370. The molecule has 1 heterocycles. The van der Waals surface area contributed by atoms with Crippen LogP contribution < -0.4 is 5.32 Å². The normalized spacial score (nSPS) is 29.2. The molecule has 0 aliphatic heterocycles. The van der Waals surface area contributed by atoms with Gasteiger partial charge < -0.3 is 10.4 Å². The van der Waals surface area contributed by atoms with Gasteiger partial charge in [-0.15, -0.1) is 0 Å². The van der Waals surface area contributed by atoms with E-state index in [0.29, 0.717) is 6.04 Å².